The van der Waals surface area contributed by atoms with E-state index in [1.54, 1.807) is 7.11 Å². The molecular formula is C15H23NO3. The number of anilines is 1. The van der Waals surface area contributed by atoms with Crippen LogP contribution in [0.5, 0.6) is 5.75 Å². The topological polar surface area (TPSA) is 39.7 Å². The van der Waals surface area contributed by atoms with E-state index in [0.717, 1.165) is 31.2 Å². The van der Waals surface area contributed by atoms with Crippen LogP contribution in [0, 0.1) is 5.92 Å². The van der Waals surface area contributed by atoms with Gasteiger partial charge in [0.05, 0.1) is 13.2 Å². The van der Waals surface area contributed by atoms with Crippen molar-refractivity contribution in [2.45, 2.75) is 12.8 Å². The largest absolute Gasteiger partial charge is 0.491 e. The summed E-state index contributed by atoms with van der Waals surface area (Å²) in [5, 5.41) is 3.45. The molecule has 0 aliphatic carbocycles. The van der Waals surface area contributed by atoms with E-state index in [1.165, 1.54) is 12.8 Å². The lowest BCUT2D eigenvalue weighted by molar-refractivity contribution is 0.0595. The number of hydrogen-bond donors (Lipinski definition) is 1. The second-order valence-corrected chi connectivity index (χ2v) is 4.83. The molecule has 0 spiro atoms. The van der Waals surface area contributed by atoms with Crippen molar-refractivity contribution in [2.24, 2.45) is 5.92 Å². The molecule has 0 amide bonds. The number of methoxy groups -OCH3 is 1. The molecule has 2 rings (SSSR count). The molecule has 0 aromatic heterocycles. The molecule has 0 bridgehead atoms. The molecule has 1 fully saturated rings. The SMILES string of the molecule is COCCOc1cccc(NCC2CCCOC2)c1. The van der Waals surface area contributed by atoms with Gasteiger partial charge in [-0.05, 0) is 30.9 Å². The van der Waals surface area contributed by atoms with Gasteiger partial charge >= 0.3 is 0 Å². The molecule has 4 heteroatoms. The van der Waals surface area contributed by atoms with Crippen molar-refractivity contribution in [3.8, 4) is 5.75 Å². The number of nitrogens with one attached hydrogen (secondary N) is 1. The van der Waals surface area contributed by atoms with Gasteiger partial charge in [-0.2, -0.15) is 0 Å². The summed E-state index contributed by atoms with van der Waals surface area (Å²) in [6.07, 6.45) is 2.42. The van der Waals surface area contributed by atoms with E-state index in [0.29, 0.717) is 19.1 Å². The Morgan fingerprint density at radius 3 is 3.11 bits per heavy atom. The third kappa shape index (κ3) is 5.09. The molecule has 1 aliphatic heterocycles. The monoisotopic (exact) mass is 265 g/mol. The van der Waals surface area contributed by atoms with Crippen LogP contribution >= 0.6 is 0 Å². The summed E-state index contributed by atoms with van der Waals surface area (Å²) in [7, 11) is 1.67. The van der Waals surface area contributed by atoms with E-state index in [4.69, 9.17) is 14.2 Å². The maximum Gasteiger partial charge on any atom is 0.121 e. The second-order valence-electron chi connectivity index (χ2n) is 4.83. The molecule has 1 N–H and O–H groups in total. The lowest BCUT2D eigenvalue weighted by atomic mass is 10.0. The zero-order chi connectivity index (χ0) is 13.3. The summed E-state index contributed by atoms with van der Waals surface area (Å²) in [6.45, 7) is 3.94. The first-order valence-electron chi connectivity index (χ1n) is 6.92. The Kier molecular flexibility index (Phi) is 5.98. The Balaban J connectivity index is 1.77. The number of rotatable bonds is 7. The molecule has 0 saturated carbocycles. The highest BCUT2D eigenvalue weighted by atomic mass is 16.5. The van der Waals surface area contributed by atoms with Gasteiger partial charge in [0.1, 0.15) is 12.4 Å². The Morgan fingerprint density at radius 2 is 2.32 bits per heavy atom. The fourth-order valence-electron chi connectivity index (χ4n) is 2.17. The van der Waals surface area contributed by atoms with E-state index in [-0.39, 0.29) is 0 Å². The summed E-state index contributed by atoms with van der Waals surface area (Å²) in [5.74, 6) is 1.49. The zero-order valence-corrected chi connectivity index (χ0v) is 11.6. The fourth-order valence-corrected chi connectivity index (χ4v) is 2.17. The first-order valence-corrected chi connectivity index (χ1v) is 6.92. The third-order valence-electron chi connectivity index (χ3n) is 3.24. The molecular weight excluding hydrogens is 242 g/mol. The highest BCUT2D eigenvalue weighted by molar-refractivity contribution is 5.48. The Morgan fingerprint density at radius 1 is 1.37 bits per heavy atom. The van der Waals surface area contributed by atoms with Crippen molar-refractivity contribution in [1.82, 2.24) is 0 Å². The summed E-state index contributed by atoms with van der Waals surface area (Å²) in [5.41, 5.74) is 1.10. The van der Waals surface area contributed by atoms with Gasteiger partial charge in [0.2, 0.25) is 0 Å². The standard InChI is InChI=1S/C15H23NO3/c1-17-8-9-19-15-6-2-5-14(10-15)16-11-13-4-3-7-18-12-13/h2,5-6,10,13,16H,3-4,7-9,11-12H2,1H3. The molecule has 1 atom stereocenters. The molecule has 106 valence electrons. The minimum Gasteiger partial charge on any atom is -0.491 e. The van der Waals surface area contributed by atoms with Gasteiger partial charge in [-0.15, -0.1) is 0 Å². The van der Waals surface area contributed by atoms with E-state index in [2.05, 4.69) is 11.4 Å². The minimum atomic E-state index is 0.580. The van der Waals surface area contributed by atoms with Crippen LogP contribution in [0.15, 0.2) is 24.3 Å². The molecule has 1 unspecified atom stereocenters. The van der Waals surface area contributed by atoms with Crippen molar-refractivity contribution in [3.63, 3.8) is 0 Å². The highest BCUT2D eigenvalue weighted by Gasteiger charge is 2.13. The third-order valence-corrected chi connectivity index (χ3v) is 3.24. The van der Waals surface area contributed by atoms with Gasteiger partial charge in [0.15, 0.2) is 0 Å². The Labute approximate surface area is 115 Å². The molecule has 1 saturated heterocycles. The highest BCUT2D eigenvalue weighted by Crippen LogP contribution is 2.19. The lowest BCUT2D eigenvalue weighted by Crippen LogP contribution is -2.24. The second kappa shape index (κ2) is 8.02. The van der Waals surface area contributed by atoms with Crippen LogP contribution in [-0.4, -0.2) is 40.1 Å². The average Bonchev–Trinajstić information content (AvgIpc) is 2.47. The van der Waals surface area contributed by atoms with Crippen molar-refractivity contribution in [3.05, 3.63) is 24.3 Å². The van der Waals surface area contributed by atoms with Crippen LogP contribution in [0.2, 0.25) is 0 Å². The average molecular weight is 265 g/mol. The maximum atomic E-state index is 5.59. The predicted molar refractivity (Wildman–Crippen MR) is 75.8 cm³/mol. The molecule has 4 nitrogen and oxygen atoms in total. The van der Waals surface area contributed by atoms with E-state index in [9.17, 15) is 0 Å². The van der Waals surface area contributed by atoms with Crippen molar-refractivity contribution >= 4 is 5.69 Å². The van der Waals surface area contributed by atoms with Crippen molar-refractivity contribution < 1.29 is 14.2 Å². The van der Waals surface area contributed by atoms with Gasteiger partial charge < -0.3 is 19.5 Å². The first kappa shape index (κ1) is 14.2. The summed E-state index contributed by atoms with van der Waals surface area (Å²) in [6, 6.07) is 8.05. The van der Waals surface area contributed by atoms with Crippen LogP contribution in [-0.2, 0) is 9.47 Å². The van der Waals surface area contributed by atoms with E-state index >= 15 is 0 Å². The van der Waals surface area contributed by atoms with Gasteiger partial charge in [-0.3, -0.25) is 0 Å². The lowest BCUT2D eigenvalue weighted by Gasteiger charge is -2.22. The summed E-state index contributed by atoms with van der Waals surface area (Å²) < 4.78 is 16.0. The fraction of sp³-hybridized carbons (Fsp3) is 0.600. The van der Waals surface area contributed by atoms with Crippen LogP contribution < -0.4 is 10.1 Å². The number of ether oxygens (including phenoxy) is 3. The van der Waals surface area contributed by atoms with Crippen LogP contribution in [0.3, 0.4) is 0 Å². The van der Waals surface area contributed by atoms with Crippen LogP contribution in [0.4, 0.5) is 5.69 Å². The van der Waals surface area contributed by atoms with Crippen LogP contribution in [0.25, 0.3) is 0 Å². The first-order chi connectivity index (χ1) is 9.38. The molecule has 1 heterocycles. The smallest absolute Gasteiger partial charge is 0.121 e. The quantitative estimate of drug-likeness (QED) is 0.769. The molecule has 19 heavy (non-hydrogen) atoms. The van der Waals surface area contributed by atoms with Crippen molar-refractivity contribution in [1.29, 1.82) is 0 Å². The minimum absolute atomic E-state index is 0.580. The number of hydrogen-bond acceptors (Lipinski definition) is 4. The molecule has 0 radical (unpaired) electrons. The van der Waals surface area contributed by atoms with E-state index in [1.807, 2.05) is 18.2 Å². The Bertz CT molecular complexity index is 364. The van der Waals surface area contributed by atoms with E-state index < -0.39 is 0 Å². The number of benzene rings is 1. The van der Waals surface area contributed by atoms with Crippen LogP contribution in [0.1, 0.15) is 12.8 Å². The maximum absolute atomic E-state index is 5.59. The Hall–Kier alpha value is -1.26. The van der Waals surface area contributed by atoms with Gasteiger partial charge in [0, 0.05) is 32.0 Å². The molecule has 1 aromatic carbocycles. The predicted octanol–water partition coefficient (Wildman–Crippen LogP) is 2.55. The summed E-state index contributed by atoms with van der Waals surface area (Å²) >= 11 is 0. The summed E-state index contributed by atoms with van der Waals surface area (Å²) in [4.78, 5) is 0. The van der Waals surface area contributed by atoms with Crippen molar-refractivity contribution in [2.75, 3.05) is 45.4 Å². The van der Waals surface area contributed by atoms with Gasteiger partial charge in [-0.25, -0.2) is 0 Å². The molecule has 1 aliphatic rings. The zero-order valence-electron chi connectivity index (χ0n) is 11.6. The van der Waals surface area contributed by atoms with Gasteiger partial charge in [-0.1, -0.05) is 6.07 Å². The van der Waals surface area contributed by atoms with Gasteiger partial charge in [0.25, 0.3) is 0 Å². The molecule has 1 aromatic rings. The normalized spacial score (nSPS) is 19.1.